The van der Waals surface area contributed by atoms with Gasteiger partial charge < -0.3 is 5.32 Å². The lowest BCUT2D eigenvalue weighted by Gasteiger charge is -2.05. The van der Waals surface area contributed by atoms with Gasteiger partial charge in [-0.25, -0.2) is 12.8 Å². The molecule has 0 bridgehead atoms. The Morgan fingerprint density at radius 1 is 1.53 bits per heavy atom. The lowest BCUT2D eigenvalue weighted by molar-refractivity contribution is 0.0949. The lowest BCUT2D eigenvalue weighted by Crippen LogP contribution is -2.26. The molecule has 1 aromatic rings. The van der Waals surface area contributed by atoms with E-state index in [1.54, 1.807) is 0 Å². The number of aromatic nitrogens is 1. The first-order chi connectivity index (χ1) is 7.90. The summed E-state index contributed by atoms with van der Waals surface area (Å²) in [7, 11) is -3.03. The van der Waals surface area contributed by atoms with Crippen LogP contribution in [0, 0.1) is 5.82 Å². The van der Waals surface area contributed by atoms with Crippen molar-refractivity contribution in [3.05, 3.63) is 29.8 Å². The summed E-state index contributed by atoms with van der Waals surface area (Å²) in [6.45, 7) is 0.188. The number of rotatable bonds is 5. The minimum Gasteiger partial charge on any atom is -0.352 e. The molecule has 0 radical (unpaired) electrons. The summed E-state index contributed by atoms with van der Waals surface area (Å²) >= 11 is 0. The number of nitrogens with one attached hydrogen (secondary N) is 1. The molecule has 0 fully saturated rings. The zero-order chi connectivity index (χ0) is 12.9. The van der Waals surface area contributed by atoms with Gasteiger partial charge in [-0.05, 0) is 12.5 Å². The molecule has 0 saturated heterocycles. The highest BCUT2D eigenvalue weighted by Crippen LogP contribution is 2.03. The molecule has 1 N–H and O–H groups in total. The number of halogens is 1. The normalized spacial score (nSPS) is 11.2. The SMILES string of the molecule is CS(=O)(=O)CCCNC(=O)c1ccncc1F. The maximum Gasteiger partial charge on any atom is 0.254 e. The molecule has 0 saturated carbocycles. The summed E-state index contributed by atoms with van der Waals surface area (Å²) in [4.78, 5) is 15.0. The van der Waals surface area contributed by atoms with E-state index in [4.69, 9.17) is 0 Å². The molecule has 1 amide bonds. The van der Waals surface area contributed by atoms with E-state index in [0.29, 0.717) is 6.42 Å². The Hall–Kier alpha value is -1.50. The van der Waals surface area contributed by atoms with Gasteiger partial charge in [0.2, 0.25) is 0 Å². The third kappa shape index (κ3) is 4.90. The molecule has 0 unspecified atom stereocenters. The average Bonchev–Trinajstić information content (AvgIpc) is 2.23. The molecule has 0 aromatic carbocycles. The standard InChI is InChI=1S/C10H13FN2O3S/c1-17(15,16)6-2-4-13-10(14)8-3-5-12-7-9(8)11/h3,5,7H,2,4,6H2,1H3,(H,13,14). The Kier molecular flexibility index (Phi) is 4.56. The Morgan fingerprint density at radius 3 is 2.82 bits per heavy atom. The highest BCUT2D eigenvalue weighted by atomic mass is 32.2. The molecule has 1 rings (SSSR count). The molecule has 17 heavy (non-hydrogen) atoms. The maximum absolute atomic E-state index is 13.1. The molecular formula is C10H13FN2O3S. The van der Waals surface area contributed by atoms with E-state index in [0.717, 1.165) is 12.5 Å². The van der Waals surface area contributed by atoms with Crippen LogP contribution in [0.1, 0.15) is 16.8 Å². The quantitative estimate of drug-likeness (QED) is 0.777. The second-order valence-corrected chi connectivity index (χ2v) is 5.85. The van der Waals surface area contributed by atoms with E-state index in [1.807, 2.05) is 0 Å². The monoisotopic (exact) mass is 260 g/mol. The Labute approximate surface area is 99.0 Å². The van der Waals surface area contributed by atoms with Crippen molar-refractivity contribution in [1.82, 2.24) is 10.3 Å². The van der Waals surface area contributed by atoms with Crippen LogP contribution in [0.15, 0.2) is 18.5 Å². The molecule has 1 heterocycles. The fourth-order valence-electron chi connectivity index (χ4n) is 1.19. The Bertz CT molecular complexity index is 502. The highest BCUT2D eigenvalue weighted by molar-refractivity contribution is 7.90. The topological polar surface area (TPSA) is 76.1 Å². The molecule has 0 aliphatic rings. The predicted molar refractivity (Wildman–Crippen MR) is 60.9 cm³/mol. The van der Waals surface area contributed by atoms with E-state index in [1.165, 1.54) is 12.3 Å². The van der Waals surface area contributed by atoms with Crippen LogP contribution in [-0.2, 0) is 9.84 Å². The molecule has 1 aromatic heterocycles. The second-order valence-electron chi connectivity index (χ2n) is 3.59. The lowest BCUT2D eigenvalue weighted by atomic mass is 10.2. The smallest absolute Gasteiger partial charge is 0.254 e. The van der Waals surface area contributed by atoms with Gasteiger partial charge in [-0.1, -0.05) is 0 Å². The number of sulfone groups is 1. The Morgan fingerprint density at radius 2 is 2.24 bits per heavy atom. The van der Waals surface area contributed by atoms with Crippen LogP contribution in [0.5, 0.6) is 0 Å². The predicted octanol–water partition coefficient (Wildman–Crippen LogP) is 0.385. The van der Waals surface area contributed by atoms with Crippen LogP contribution in [0.2, 0.25) is 0 Å². The van der Waals surface area contributed by atoms with Gasteiger partial charge >= 0.3 is 0 Å². The van der Waals surface area contributed by atoms with Crippen LogP contribution in [0.4, 0.5) is 4.39 Å². The number of nitrogens with zero attached hydrogens (tertiary/aromatic N) is 1. The summed E-state index contributed by atoms with van der Waals surface area (Å²) in [5.41, 5.74) is -0.0978. The van der Waals surface area contributed by atoms with E-state index >= 15 is 0 Å². The first-order valence-corrected chi connectivity index (χ1v) is 7.01. The number of amides is 1. The molecular weight excluding hydrogens is 247 g/mol. The number of pyridine rings is 1. The molecule has 0 atom stereocenters. The minimum absolute atomic E-state index is 0.00783. The summed E-state index contributed by atoms with van der Waals surface area (Å²) in [5.74, 6) is -1.28. The fraction of sp³-hybridized carbons (Fsp3) is 0.400. The van der Waals surface area contributed by atoms with Crippen molar-refractivity contribution in [2.24, 2.45) is 0 Å². The molecule has 5 nitrogen and oxygen atoms in total. The summed E-state index contributed by atoms with van der Waals surface area (Å²) < 4.78 is 34.8. The van der Waals surface area contributed by atoms with Crippen molar-refractivity contribution in [2.75, 3.05) is 18.6 Å². The molecule has 0 spiro atoms. The van der Waals surface area contributed by atoms with Gasteiger partial charge in [0, 0.05) is 19.0 Å². The van der Waals surface area contributed by atoms with Gasteiger partial charge in [0.25, 0.3) is 5.91 Å². The van der Waals surface area contributed by atoms with Crippen LogP contribution in [0.3, 0.4) is 0 Å². The minimum atomic E-state index is -3.03. The first-order valence-electron chi connectivity index (χ1n) is 4.95. The van der Waals surface area contributed by atoms with E-state index in [9.17, 15) is 17.6 Å². The van der Waals surface area contributed by atoms with Crippen molar-refractivity contribution in [3.63, 3.8) is 0 Å². The van der Waals surface area contributed by atoms with Gasteiger partial charge in [-0.3, -0.25) is 9.78 Å². The van der Waals surface area contributed by atoms with Gasteiger partial charge in [0.05, 0.1) is 17.5 Å². The van der Waals surface area contributed by atoms with Gasteiger partial charge in [-0.2, -0.15) is 0 Å². The van der Waals surface area contributed by atoms with E-state index in [-0.39, 0.29) is 17.9 Å². The zero-order valence-electron chi connectivity index (χ0n) is 9.31. The molecule has 0 aliphatic heterocycles. The van der Waals surface area contributed by atoms with Crippen LogP contribution in [-0.4, -0.2) is 37.9 Å². The van der Waals surface area contributed by atoms with Crippen LogP contribution < -0.4 is 5.32 Å². The number of hydrogen-bond donors (Lipinski definition) is 1. The van der Waals surface area contributed by atoms with Crippen LogP contribution in [0.25, 0.3) is 0 Å². The van der Waals surface area contributed by atoms with Gasteiger partial charge in [0.1, 0.15) is 9.84 Å². The second kappa shape index (κ2) is 5.72. The largest absolute Gasteiger partial charge is 0.352 e. The van der Waals surface area contributed by atoms with Crippen molar-refractivity contribution >= 4 is 15.7 Å². The average molecular weight is 260 g/mol. The first kappa shape index (κ1) is 13.6. The number of carbonyl (C=O) groups excluding carboxylic acids is 1. The van der Waals surface area contributed by atoms with Crippen molar-refractivity contribution in [2.45, 2.75) is 6.42 Å². The van der Waals surface area contributed by atoms with Crippen molar-refractivity contribution < 1.29 is 17.6 Å². The number of hydrogen-bond acceptors (Lipinski definition) is 4. The molecule has 0 aliphatic carbocycles. The number of carbonyl (C=O) groups is 1. The Balaban J connectivity index is 2.44. The van der Waals surface area contributed by atoms with Crippen LogP contribution >= 0.6 is 0 Å². The van der Waals surface area contributed by atoms with Crippen molar-refractivity contribution in [3.8, 4) is 0 Å². The summed E-state index contributed by atoms with van der Waals surface area (Å²) in [6, 6.07) is 1.27. The maximum atomic E-state index is 13.1. The third-order valence-electron chi connectivity index (χ3n) is 1.99. The fourth-order valence-corrected chi connectivity index (χ4v) is 1.86. The highest BCUT2D eigenvalue weighted by Gasteiger charge is 2.10. The summed E-state index contributed by atoms with van der Waals surface area (Å²) in [5, 5.41) is 2.44. The zero-order valence-corrected chi connectivity index (χ0v) is 10.1. The van der Waals surface area contributed by atoms with E-state index in [2.05, 4.69) is 10.3 Å². The van der Waals surface area contributed by atoms with Gasteiger partial charge in [0.15, 0.2) is 5.82 Å². The van der Waals surface area contributed by atoms with Gasteiger partial charge in [-0.15, -0.1) is 0 Å². The molecule has 94 valence electrons. The molecule has 7 heteroatoms. The van der Waals surface area contributed by atoms with Crippen molar-refractivity contribution in [1.29, 1.82) is 0 Å². The third-order valence-corrected chi connectivity index (χ3v) is 3.02. The van der Waals surface area contributed by atoms with E-state index < -0.39 is 21.6 Å². The summed E-state index contributed by atoms with van der Waals surface area (Å²) in [6.07, 6.45) is 3.69.